The molecular formula is C13H18BrIN4OS. The maximum atomic E-state index is 5.14. The van der Waals surface area contributed by atoms with Crippen molar-refractivity contribution < 1.29 is 4.52 Å². The second-order valence-corrected chi connectivity index (χ2v) is 6.84. The zero-order chi connectivity index (χ0) is 14.5. The summed E-state index contributed by atoms with van der Waals surface area (Å²) in [7, 11) is 1.76. The van der Waals surface area contributed by atoms with E-state index in [0.29, 0.717) is 6.54 Å². The molecule has 0 aliphatic carbocycles. The van der Waals surface area contributed by atoms with Crippen molar-refractivity contribution in [3.8, 4) is 0 Å². The summed E-state index contributed by atoms with van der Waals surface area (Å²) in [6.45, 7) is 5.25. The number of guanidine groups is 1. The van der Waals surface area contributed by atoms with Crippen molar-refractivity contribution >= 4 is 57.2 Å². The van der Waals surface area contributed by atoms with Crippen molar-refractivity contribution in [2.24, 2.45) is 4.99 Å². The Kier molecular flexibility index (Phi) is 7.67. The number of hydrogen-bond donors (Lipinski definition) is 2. The smallest absolute Gasteiger partial charge is 0.191 e. The average Bonchev–Trinajstić information content (AvgIpc) is 2.98. The molecule has 2 rings (SSSR count). The molecule has 0 saturated heterocycles. The molecule has 0 radical (unpaired) electrons. The monoisotopic (exact) mass is 484 g/mol. The molecule has 2 heterocycles. The lowest BCUT2D eigenvalue weighted by Gasteiger charge is -2.10. The molecule has 21 heavy (non-hydrogen) atoms. The summed E-state index contributed by atoms with van der Waals surface area (Å²) in [5.74, 6) is 1.60. The Labute approximate surface area is 153 Å². The third-order valence-electron chi connectivity index (χ3n) is 2.90. The SMILES string of the molecule is CN=C(NCc1ccc(Br)s1)NCc1c(C)noc1C.I. The van der Waals surface area contributed by atoms with E-state index in [0.717, 1.165) is 33.3 Å². The number of halogens is 2. The molecule has 0 unspecified atom stereocenters. The Balaban J connectivity index is 0.00000220. The number of nitrogens with one attached hydrogen (secondary N) is 2. The summed E-state index contributed by atoms with van der Waals surface area (Å²) in [5.41, 5.74) is 1.99. The highest BCUT2D eigenvalue weighted by Crippen LogP contribution is 2.21. The van der Waals surface area contributed by atoms with E-state index in [1.807, 2.05) is 19.9 Å². The number of aliphatic imine (C=N–C) groups is 1. The Hall–Kier alpha value is -0.610. The third kappa shape index (κ3) is 5.26. The normalized spacial score (nSPS) is 11.1. The van der Waals surface area contributed by atoms with Crippen LogP contribution in [0.2, 0.25) is 0 Å². The van der Waals surface area contributed by atoms with Crippen LogP contribution in [0.25, 0.3) is 0 Å². The first-order chi connectivity index (χ1) is 9.60. The van der Waals surface area contributed by atoms with E-state index in [1.54, 1.807) is 18.4 Å². The Morgan fingerprint density at radius 2 is 2.05 bits per heavy atom. The summed E-state index contributed by atoms with van der Waals surface area (Å²) in [5, 5.41) is 10.5. The summed E-state index contributed by atoms with van der Waals surface area (Å²) >= 11 is 5.16. The lowest BCUT2D eigenvalue weighted by molar-refractivity contribution is 0.392. The van der Waals surface area contributed by atoms with Gasteiger partial charge in [-0.3, -0.25) is 4.99 Å². The van der Waals surface area contributed by atoms with E-state index in [2.05, 4.69) is 42.8 Å². The van der Waals surface area contributed by atoms with Gasteiger partial charge in [0.05, 0.1) is 16.0 Å². The third-order valence-corrected chi connectivity index (χ3v) is 4.52. The maximum absolute atomic E-state index is 5.14. The van der Waals surface area contributed by atoms with Crippen LogP contribution in [0.5, 0.6) is 0 Å². The van der Waals surface area contributed by atoms with Crippen LogP contribution in [0, 0.1) is 13.8 Å². The topological polar surface area (TPSA) is 62.5 Å². The van der Waals surface area contributed by atoms with Gasteiger partial charge in [-0.15, -0.1) is 35.3 Å². The van der Waals surface area contributed by atoms with Gasteiger partial charge in [-0.2, -0.15) is 0 Å². The molecule has 116 valence electrons. The lowest BCUT2D eigenvalue weighted by atomic mass is 10.2. The summed E-state index contributed by atoms with van der Waals surface area (Å²) in [4.78, 5) is 5.45. The number of hydrogen-bond acceptors (Lipinski definition) is 4. The summed E-state index contributed by atoms with van der Waals surface area (Å²) in [6.07, 6.45) is 0. The van der Waals surface area contributed by atoms with Crippen molar-refractivity contribution in [2.45, 2.75) is 26.9 Å². The van der Waals surface area contributed by atoms with Gasteiger partial charge in [0, 0.05) is 24.0 Å². The van der Waals surface area contributed by atoms with Crippen molar-refractivity contribution in [3.05, 3.63) is 37.8 Å². The van der Waals surface area contributed by atoms with Crippen LogP contribution in [-0.2, 0) is 13.1 Å². The Bertz CT molecular complexity index is 592. The van der Waals surface area contributed by atoms with Crippen LogP contribution in [0.15, 0.2) is 25.4 Å². The highest BCUT2D eigenvalue weighted by atomic mass is 127. The van der Waals surface area contributed by atoms with Gasteiger partial charge in [0.15, 0.2) is 5.96 Å². The molecule has 8 heteroatoms. The molecular weight excluding hydrogens is 467 g/mol. The molecule has 2 N–H and O–H groups in total. The van der Waals surface area contributed by atoms with Crippen molar-refractivity contribution in [1.82, 2.24) is 15.8 Å². The summed E-state index contributed by atoms with van der Waals surface area (Å²) in [6, 6.07) is 4.13. The molecule has 2 aromatic rings. The van der Waals surface area contributed by atoms with Gasteiger partial charge >= 0.3 is 0 Å². The summed E-state index contributed by atoms with van der Waals surface area (Å²) < 4.78 is 6.27. The van der Waals surface area contributed by atoms with E-state index >= 15 is 0 Å². The van der Waals surface area contributed by atoms with Gasteiger partial charge in [0.25, 0.3) is 0 Å². The zero-order valence-electron chi connectivity index (χ0n) is 12.1. The van der Waals surface area contributed by atoms with E-state index in [-0.39, 0.29) is 24.0 Å². The van der Waals surface area contributed by atoms with E-state index in [1.165, 1.54) is 4.88 Å². The molecule has 0 aliphatic heterocycles. The van der Waals surface area contributed by atoms with Crippen molar-refractivity contribution in [3.63, 3.8) is 0 Å². The molecule has 0 spiro atoms. The maximum Gasteiger partial charge on any atom is 0.191 e. The zero-order valence-corrected chi connectivity index (χ0v) is 16.8. The Morgan fingerprint density at radius 3 is 2.57 bits per heavy atom. The quantitative estimate of drug-likeness (QED) is 0.395. The standard InChI is InChI=1S/C13H17BrN4OS.HI/c1-8-11(9(2)19-18-8)7-17-13(15-3)16-6-10-4-5-12(14)20-10;/h4-5H,6-7H2,1-3H3,(H2,15,16,17);1H. The number of rotatable bonds is 4. The second-order valence-electron chi connectivity index (χ2n) is 4.29. The van der Waals surface area contributed by atoms with Gasteiger partial charge in [-0.25, -0.2) is 0 Å². The molecule has 0 aliphatic rings. The molecule has 0 atom stereocenters. The minimum atomic E-state index is 0. The first kappa shape index (κ1) is 18.4. The first-order valence-electron chi connectivity index (χ1n) is 6.20. The molecule has 0 aromatic carbocycles. The molecule has 5 nitrogen and oxygen atoms in total. The Morgan fingerprint density at radius 1 is 1.33 bits per heavy atom. The van der Waals surface area contributed by atoms with Crippen LogP contribution in [-0.4, -0.2) is 18.2 Å². The molecule has 0 fully saturated rings. The molecule has 0 amide bonds. The van der Waals surface area contributed by atoms with E-state index in [9.17, 15) is 0 Å². The van der Waals surface area contributed by atoms with Gasteiger partial charge in [-0.05, 0) is 41.9 Å². The highest BCUT2D eigenvalue weighted by Gasteiger charge is 2.09. The van der Waals surface area contributed by atoms with Gasteiger partial charge in [0.1, 0.15) is 5.76 Å². The minimum absolute atomic E-state index is 0. The van der Waals surface area contributed by atoms with Crippen molar-refractivity contribution in [2.75, 3.05) is 7.05 Å². The number of thiophene rings is 1. The highest BCUT2D eigenvalue weighted by molar-refractivity contribution is 14.0. The number of aryl methyl sites for hydroxylation is 2. The van der Waals surface area contributed by atoms with Crippen LogP contribution >= 0.6 is 51.2 Å². The fraction of sp³-hybridized carbons (Fsp3) is 0.385. The number of nitrogens with zero attached hydrogens (tertiary/aromatic N) is 2. The van der Waals surface area contributed by atoms with Crippen LogP contribution < -0.4 is 10.6 Å². The molecule has 0 bridgehead atoms. The fourth-order valence-electron chi connectivity index (χ4n) is 1.76. The fourth-order valence-corrected chi connectivity index (χ4v) is 3.19. The van der Waals surface area contributed by atoms with Crippen LogP contribution in [0.4, 0.5) is 0 Å². The van der Waals surface area contributed by atoms with Crippen molar-refractivity contribution in [1.29, 1.82) is 0 Å². The predicted octanol–water partition coefficient (Wildman–Crippen LogP) is 3.60. The lowest BCUT2D eigenvalue weighted by Crippen LogP contribution is -2.36. The van der Waals surface area contributed by atoms with E-state index < -0.39 is 0 Å². The molecule has 0 saturated carbocycles. The predicted molar refractivity (Wildman–Crippen MR) is 100 cm³/mol. The second kappa shape index (κ2) is 8.74. The van der Waals surface area contributed by atoms with E-state index in [4.69, 9.17) is 4.52 Å². The van der Waals surface area contributed by atoms with Gasteiger partial charge in [-0.1, -0.05) is 5.16 Å². The van der Waals surface area contributed by atoms with Crippen LogP contribution in [0.3, 0.4) is 0 Å². The molecule has 2 aromatic heterocycles. The van der Waals surface area contributed by atoms with Crippen LogP contribution in [0.1, 0.15) is 21.9 Å². The first-order valence-corrected chi connectivity index (χ1v) is 7.81. The van der Waals surface area contributed by atoms with Gasteiger partial charge < -0.3 is 15.2 Å². The average molecular weight is 485 g/mol. The number of aromatic nitrogens is 1. The minimum Gasteiger partial charge on any atom is -0.361 e. The van der Waals surface area contributed by atoms with Gasteiger partial charge in [0.2, 0.25) is 0 Å². The largest absolute Gasteiger partial charge is 0.361 e.